The molecule has 2 saturated heterocycles. The molecule has 140 valence electrons. The highest BCUT2D eigenvalue weighted by Gasteiger charge is 2.40. The highest BCUT2D eigenvalue weighted by molar-refractivity contribution is 5.95. The lowest BCUT2D eigenvalue weighted by molar-refractivity contribution is 0.0724. The number of nitrogens with zero attached hydrogens (tertiary/aromatic N) is 1. The van der Waals surface area contributed by atoms with Gasteiger partial charge in [0.2, 0.25) is 0 Å². The number of fused-ring (bicyclic) bond motifs is 3. The Morgan fingerprint density at radius 3 is 2.59 bits per heavy atom. The van der Waals surface area contributed by atoms with Crippen LogP contribution in [0, 0.1) is 5.92 Å². The molecular weight excluding hydrogens is 334 g/mol. The van der Waals surface area contributed by atoms with Crippen molar-refractivity contribution in [2.24, 2.45) is 5.92 Å². The van der Waals surface area contributed by atoms with E-state index in [1.165, 1.54) is 17.5 Å². The first-order valence-corrected chi connectivity index (χ1v) is 10.3. The third-order valence-corrected chi connectivity index (χ3v) is 6.44. The summed E-state index contributed by atoms with van der Waals surface area (Å²) in [6.45, 7) is 2.83. The van der Waals surface area contributed by atoms with Crippen LogP contribution in [0.4, 0.5) is 5.69 Å². The quantitative estimate of drug-likeness (QED) is 0.845. The molecule has 2 aromatic carbocycles. The number of likely N-dealkylation sites (tertiary alicyclic amines) is 1. The summed E-state index contributed by atoms with van der Waals surface area (Å²) in [4.78, 5) is 15.0. The van der Waals surface area contributed by atoms with E-state index in [1.54, 1.807) is 0 Å². The number of rotatable bonds is 2. The number of hydrogen-bond donors (Lipinski definition) is 2. The summed E-state index contributed by atoms with van der Waals surface area (Å²) in [6.07, 6.45) is 4.65. The van der Waals surface area contributed by atoms with Crippen molar-refractivity contribution in [2.45, 2.75) is 37.8 Å². The first kappa shape index (κ1) is 16.8. The maximum absolute atomic E-state index is 12.9. The van der Waals surface area contributed by atoms with Gasteiger partial charge in [-0.15, -0.1) is 0 Å². The van der Waals surface area contributed by atoms with Gasteiger partial charge in [-0.3, -0.25) is 4.79 Å². The number of benzene rings is 2. The Labute approximate surface area is 161 Å². The lowest BCUT2D eigenvalue weighted by Gasteiger charge is -2.37. The van der Waals surface area contributed by atoms with Crippen LogP contribution in [0.2, 0.25) is 0 Å². The van der Waals surface area contributed by atoms with Crippen molar-refractivity contribution in [1.82, 2.24) is 10.2 Å². The van der Waals surface area contributed by atoms with E-state index in [0.717, 1.165) is 50.1 Å². The monoisotopic (exact) mass is 361 g/mol. The molecule has 2 fully saturated rings. The van der Waals surface area contributed by atoms with Gasteiger partial charge in [0, 0.05) is 36.3 Å². The second-order valence-electron chi connectivity index (χ2n) is 8.07. The largest absolute Gasteiger partial charge is 0.378 e. The molecule has 3 heterocycles. The first-order valence-electron chi connectivity index (χ1n) is 10.3. The molecule has 4 heteroatoms. The Morgan fingerprint density at radius 2 is 1.78 bits per heavy atom. The van der Waals surface area contributed by atoms with E-state index in [2.05, 4.69) is 53.1 Å². The fourth-order valence-electron chi connectivity index (χ4n) is 5.05. The molecule has 0 bridgehead atoms. The number of hydrogen-bond acceptors (Lipinski definition) is 3. The van der Waals surface area contributed by atoms with E-state index in [1.807, 2.05) is 11.0 Å². The molecule has 0 radical (unpaired) electrons. The maximum atomic E-state index is 12.9. The normalized spacial score (nSPS) is 26.8. The standard InChI is InChI=1S/C23H27N3O/c27-23(26-13-5-2-6-14-26)17-9-10-20-19(15-17)22-18(11-12-24-22)21(25-20)16-7-3-1-4-8-16/h1,3-4,7-10,15,18,21-22,24-25H,2,5-6,11-14H2/t18-,21?,22-/m0/s1. The topological polar surface area (TPSA) is 44.4 Å². The van der Waals surface area contributed by atoms with E-state index >= 15 is 0 Å². The van der Waals surface area contributed by atoms with Crippen molar-refractivity contribution in [2.75, 3.05) is 25.0 Å². The Kier molecular flexibility index (Phi) is 4.36. The first-order chi connectivity index (χ1) is 13.3. The molecule has 3 aliphatic heterocycles. The van der Waals surface area contributed by atoms with Crippen molar-refractivity contribution in [3.8, 4) is 0 Å². The molecule has 27 heavy (non-hydrogen) atoms. The summed E-state index contributed by atoms with van der Waals surface area (Å²) >= 11 is 0. The highest BCUT2D eigenvalue weighted by Crippen LogP contribution is 2.47. The van der Waals surface area contributed by atoms with Crippen LogP contribution in [0.15, 0.2) is 48.5 Å². The zero-order valence-electron chi connectivity index (χ0n) is 15.7. The minimum Gasteiger partial charge on any atom is -0.378 e. The van der Waals surface area contributed by atoms with Gasteiger partial charge in [-0.25, -0.2) is 0 Å². The molecule has 0 aromatic heterocycles. The number of nitrogens with one attached hydrogen (secondary N) is 2. The fourth-order valence-corrected chi connectivity index (χ4v) is 5.05. The van der Waals surface area contributed by atoms with Crippen molar-refractivity contribution in [3.05, 3.63) is 65.2 Å². The van der Waals surface area contributed by atoms with Gasteiger partial charge >= 0.3 is 0 Å². The lowest BCUT2D eigenvalue weighted by Crippen LogP contribution is -2.36. The van der Waals surface area contributed by atoms with Crippen molar-refractivity contribution < 1.29 is 4.79 Å². The third-order valence-electron chi connectivity index (χ3n) is 6.44. The molecule has 0 saturated carbocycles. The van der Waals surface area contributed by atoms with Crippen LogP contribution in [0.25, 0.3) is 0 Å². The zero-order valence-corrected chi connectivity index (χ0v) is 15.7. The molecule has 2 aromatic rings. The fraction of sp³-hybridized carbons (Fsp3) is 0.435. The van der Waals surface area contributed by atoms with Gasteiger partial charge in [-0.05, 0) is 61.6 Å². The van der Waals surface area contributed by atoms with Gasteiger partial charge in [0.05, 0.1) is 6.04 Å². The van der Waals surface area contributed by atoms with Crippen LogP contribution in [0.1, 0.15) is 59.3 Å². The summed E-state index contributed by atoms with van der Waals surface area (Å²) in [5, 5.41) is 7.46. The highest BCUT2D eigenvalue weighted by atomic mass is 16.2. The van der Waals surface area contributed by atoms with Gasteiger partial charge in [0.15, 0.2) is 0 Å². The van der Waals surface area contributed by atoms with Crippen LogP contribution < -0.4 is 10.6 Å². The smallest absolute Gasteiger partial charge is 0.253 e. The number of carbonyl (C=O) groups is 1. The van der Waals surface area contributed by atoms with E-state index in [9.17, 15) is 4.79 Å². The molecular formula is C23H27N3O. The van der Waals surface area contributed by atoms with Crippen molar-refractivity contribution in [3.63, 3.8) is 0 Å². The molecule has 0 spiro atoms. The minimum atomic E-state index is 0.192. The van der Waals surface area contributed by atoms with Gasteiger partial charge in [-0.2, -0.15) is 0 Å². The average Bonchev–Trinajstić information content (AvgIpc) is 3.24. The van der Waals surface area contributed by atoms with E-state index in [-0.39, 0.29) is 5.91 Å². The molecule has 2 N–H and O–H groups in total. The summed E-state index contributed by atoms with van der Waals surface area (Å²) < 4.78 is 0. The summed E-state index contributed by atoms with van der Waals surface area (Å²) in [5.41, 5.74) is 4.60. The maximum Gasteiger partial charge on any atom is 0.253 e. The second kappa shape index (κ2) is 7.01. The second-order valence-corrected chi connectivity index (χ2v) is 8.07. The Balaban J connectivity index is 1.47. The zero-order chi connectivity index (χ0) is 18.2. The lowest BCUT2D eigenvalue weighted by atomic mass is 9.80. The molecule has 1 unspecified atom stereocenters. The van der Waals surface area contributed by atoms with Crippen LogP contribution in [0.5, 0.6) is 0 Å². The van der Waals surface area contributed by atoms with Crippen LogP contribution in [0.3, 0.4) is 0 Å². The van der Waals surface area contributed by atoms with E-state index in [4.69, 9.17) is 0 Å². The van der Waals surface area contributed by atoms with Crippen LogP contribution >= 0.6 is 0 Å². The van der Waals surface area contributed by atoms with Gasteiger partial charge < -0.3 is 15.5 Å². The summed E-state index contributed by atoms with van der Waals surface area (Å²) in [7, 11) is 0. The molecule has 3 aliphatic rings. The minimum absolute atomic E-state index is 0.192. The van der Waals surface area contributed by atoms with Gasteiger partial charge in [0.25, 0.3) is 5.91 Å². The van der Waals surface area contributed by atoms with Crippen molar-refractivity contribution >= 4 is 11.6 Å². The Hall–Kier alpha value is -2.33. The number of carbonyl (C=O) groups excluding carboxylic acids is 1. The predicted octanol–water partition coefficient (Wildman–Crippen LogP) is 4.13. The summed E-state index contributed by atoms with van der Waals surface area (Å²) in [6, 6.07) is 17.6. The number of amides is 1. The Morgan fingerprint density at radius 1 is 0.963 bits per heavy atom. The molecule has 0 aliphatic carbocycles. The number of piperidine rings is 1. The van der Waals surface area contributed by atoms with E-state index in [0.29, 0.717) is 18.0 Å². The molecule has 1 amide bonds. The van der Waals surface area contributed by atoms with Gasteiger partial charge in [-0.1, -0.05) is 30.3 Å². The van der Waals surface area contributed by atoms with Gasteiger partial charge in [0.1, 0.15) is 0 Å². The Bertz CT molecular complexity index is 829. The van der Waals surface area contributed by atoms with Crippen LogP contribution in [-0.4, -0.2) is 30.4 Å². The van der Waals surface area contributed by atoms with Crippen molar-refractivity contribution in [1.29, 1.82) is 0 Å². The predicted molar refractivity (Wildman–Crippen MR) is 108 cm³/mol. The molecule has 3 atom stereocenters. The van der Waals surface area contributed by atoms with E-state index < -0.39 is 0 Å². The molecule has 5 rings (SSSR count). The third kappa shape index (κ3) is 3.02. The average molecular weight is 361 g/mol. The SMILES string of the molecule is O=C(c1ccc2c(c1)[C@H]1NCC[C@H]1C(c1ccccc1)N2)N1CCCCC1. The van der Waals surface area contributed by atoms with Crippen LogP contribution in [-0.2, 0) is 0 Å². The molecule has 4 nitrogen and oxygen atoms in total. The number of anilines is 1. The summed E-state index contributed by atoms with van der Waals surface area (Å²) in [5.74, 6) is 0.706.